The van der Waals surface area contributed by atoms with E-state index in [2.05, 4.69) is 17.1 Å². The summed E-state index contributed by atoms with van der Waals surface area (Å²) < 4.78 is 2.03. The van der Waals surface area contributed by atoms with Gasteiger partial charge < -0.3 is 10.3 Å². The van der Waals surface area contributed by atoms with Crippen molar-refractivity contribution in [3.8, 4) is 11.4 Å². The molecule has 0 amide bonds. The fourth-order valence-electron chi connectivity index (χ4n) is 2.01. The van der Waals surface area contributed by atoms with Gasteiger partial charge in [0, 0.05) is 30.5 Å². The standard InChI is InChI=1S/C14H19N3/c1-14(2,15)10-11-6-4-5-7-12(11)13-16-8-9-17(13)3/h4-9H,10,15H2,1-3H3. The van der Waals surface area contributed by atoms with Crippen LogP contribution in [0, 0.1) is 0 Å². The lowest BCUT2D eigenvalue weighted by atomic mass is 9.92. The fourth-order valence-corrected chi connectivity index (χ4v) is 2.01. The lowest BCUT2D eigenvalue weighted by Crippen LogP contribution is -2.34. The molecule has 3 nitrogen and oxygen atoms in total. The molecule has 2 rings (SSSR count). The molecule has 1 aromatic carbocycles. The quantitative estimate of drug-likeness (QED) is 0.878. The van der Waals surface area contributed by atoms with Crippen molar-refractivity contribution >= 4 is 0 Å². The van der Waals surface area contributed by atoms with Crippen LogP contribution in [0.2, 0.25) is 0 Å². The van der Waals surface area contributed by atoms with E-state index >= 15 is 0 Å². The maximum atomic E-state index is 6.10. The predicted molar refractivity (Wildman–Crippen MR) is 70.6 cm³/mol. The van der Waals surface area contributed by atoms with Crippen molar-refractivity contribution in [2.45, 2.75) is 25.8 Å². The van der Waals surface area contributed by atoms with Crippen LogP contribution in [0.25, 0.3) is 11.4 Å². The van der Waals surface area contributed by atoms with Crippen molar-refractivity contribution in [1.82, 2.24) is 9.55 Å². The molecule has 1 aromatic heterocycles. The molecule has 0 spiro atoms. The van der Waals surface area contributed by atoms with E-state index in [1.54, 1.807) is 0 Å². The molecule has 0 radical (unpaired) electrons. The minimum atomic E-state index is -0.207. The SMILES string of the molecule is Cn1ccnc1-c1ccccc1CC(C)(C)N. The summed E-state index contributed by atoms with van der Waals surface area (Å²) in [6, 6.07) is 8.31. The van der Waals surface area contributed by atoms with Crippen LogP contribution in [0.4, 0.5) is 0 Å². The molecule has 17 heavy (non-hydrogen) atoms. The molecule has 0 aliphatic carbocycles. The topological polar surface area (TPSA) is 43.8 Å². The number of imidazole rings is 1. The first-order chi connectivity index (χ1) is 7.97. The lowest BCUT2D eigenvalue weighted by molar-refractivity contribution is 0.517. The second-order valence-electron chi connectivity index (χ2n) is 5.18. The van der Waals surface area contributed by atoms with E-state index < -0.39 is 0 Å². The highest BCUT2D eigenvalue weighted by atomic mass is 15.0. The average Bonchev–Trinajstić information content (AvgIpc) is 2.63. The molecule has 2 N–H and O–H groups in total. The van der Waals surface area contributed by atoms with Gasteiger partial charge in [0.25, 0.3) is 0 Å². The van der Waals surface area contributed by atoms with Crippen molar-refractivity contribution in [3.63, 3.8) is 0 Å². The molecule has 0 atom stereocenters. The van der Waals surface area contributed by atoms with E-state index in [-0.39, 0.29) is 5.54 Å². The minimum absolute atomic E-state index is 0.207. The molecule has 0 bridgehead atoms. The van der Waals surface area contributed by atoms with Crippen molar-refractivity contribution in [1.29, 1.82) is 0 Å². The van der Waals surface area contributed by atoms with E-state index in [4.69, 9.17) is 5.73 Å². The Morgan fingerprint density at radius 1 is 1.29 bits per heavy atom. The highest BCUT2D eigenvalue weighted by Crippen LogP contribution is 2.24. The van der Waals surface area contributed by atoms with E-state index in [9.17, 15) is 0 Å². The Morgan fingerprint density at radius 3 is 2.59 bits per heavy atom. The van der Waals surface area contributed by atoms with Crippen molar-refractivity contribution < 1.29 is 0 Å². The number of nitrogens with two attached hydrogens (primary N) is 1. The van der Waals surface area contributed by atoms with Gasteiger partial charge in [0.1, 0.15) is 5.82 Å². The Hall–Kier alpha value is -1.61. The van der Waals surface area contributed by atoms with Crippen LogP contribution < -0.4 is 5.73 Å². The first-order valence-corrected chi connectivity index (χ1v) is 5.82. The van der Waals surface area contributed by atoms with Crippen LogP contribution in [-0.2, 0) is 13.5 Å². The largest absolute Gasteiger partial charge is 0.334 e. The molecule has 3 heteroatoms. The van der Waals surface area contributed by atoms with Crippen LogP contribution in [0.5, 0.6) is 0 Å². The van der Waals surface area contributed by atoms with Crippen LogP contribution in [0.15, 0.2) is 36.7 Å². The van der Waals surface area contributed by atoms with Gasteiger partial charge in [-0.15, -0.1) is 0 Å². The van der Waals surface area contributed by atoms with Gasteiger partial charge >= 0.3 is 0 Å². The number of aromatic nitrogens is 2. The van der Waals surface area contributed by atoms with Gasteiger partial charge in [-0.1, -0.05) is 24.3 Å². The van der Waals surface area contributed by atoms with Crippen LogP contribution in [0.1, 0.15) is 19.4 Å². The highest BCUT2D eigenvalue weighted by Gasteiger charge is 2.16. The molecule has 0 aliphatic rings. The number of hydrogen-bond acceptors (Lipinski definition) is 2. The van der Waals surface area contributed by atoms with E-state index in [1.807, 2.05) is 50.0 Å². The lowest BCUT2D eigenvalue weighted by Gasteiger charge is -2.20. The zero-order valence-electron chi connectivity index (χ0n) is 10.6. The van der Waals surface area contributed by atoms with Crippen LogP contribution in [-0.4, -0.2) is 15.1 Å². The Labute approximate surface area is 102 Å². The third kappa shape index (κ3) is 2.74. The highest BCUT2D eigenvalue weighted by molar-refractivity contribution is 5.61. The van der Waals surface area contributed by atoms with E-state index in [0.29, 0.717) is 0 Å². The van der Waals surface area contributed by atoms with Gasteiger partial charge in [-0.2, -0.15) is 0 Å². The van der Waals surface area contributed by atoms with Gasteiger partial charge in [0.15, 0.2) is 0 Å². The number of nitrogens with zero attached hydrogens (tertiary/aromatic N) is 2. The summed E-state index contributed by atoms with van der Waals surface area (Å²) >= 11 is 0. The third-order valence-corrected chi connectivity index (χ3v) is 2.73. The summed E-state index contributed by atoms with van der Waals surface area (Å²) in [6.07, 6.45) is 4.62. The molecule has 0 saturated carbocycles. The van der Waals surface area contributed by atoms with Gasteiger partial charge in [0.05, 0.1) is 0 Å². The Balaban J connectivity index is 2.45. The average molecular weight is 229 g/mol. The summed E-state index contributed by atoms with van der Waals surface area (Å²) in [5.41, 5.74) is 8.30. The van der Waals surface area contributed by atoms with Crippen molar-refractivity contribution in [2.75, 3.05) is 0 Å². The van der Waals surface area contributed by atoms with Gasteiger partial charge in [-0.05, 0) is 25.8 Å². The molecule has 0 saturated heterocycles. The number of rotatable bonds is 3. The Morgan fingerprint density at radius 2 is 2.00 bits per heavy atom. The number of hydrogen-bond donors (Lipinski definition) is 1. The normalized spacial score (nSPS) is 11.8. The molecule has 1 heterocycles. The first kappa shape index (κ1) is 11.9. The fraction of sp³-hybridized carbons (Fsp3) is 0.357. The van der Waals surface area contributed by atoms with E-state index in [0.717, 1.165) is 12.2 Å². The van der Waals surface area contributed by atoms with Crippen LogP contribution in [0.3, 0.4) is 0 Å². The molecular formula is C14H19N3. The summed E-state index contributed by atoms with van der Waals surface area (Å²) in [4.78, 5) is 4.40. The molecule has 2 aromatic rings. The smallest absolute Gasteiger partial charge is 0.139 e. The summed E-state index contributed by atoms with van der Waals surface area (Å²) in [6.45, 7) is 4.09. The molecule has 0 aliphatic heterocycles. The summed E-state index contributed by atoms with van der Waals surface area (Å²) in [5.74, 6) is 0.991. The first-order valence-electron chi connectivity index (χ1n) is 5.82. The van der Waals surface area contributed by atoms with Crippen LogP contribution >= 0.6 is 0 Å². The second-order valence-corrected chi connectivity index (χ2v) is 5.18. The summed E-state index contributed by atoms with van der Waals surface area (Å²) in [5, 5.41) is 0. The Bertz CT molecular complexity index is 506. The van der Waals surface area contributed by atoms with Crippen molar-refractivity contribution in [3.05, 3.63) is 42.2 Å². The van der Waals surface area contributed by atoms with E-state index in [1.165, 1.54) is 11.1 Å². The molecule has 0 unspecified atom stereocenters. The van der Waals surface area contributed by atoms with Crippen molar-refractivity contribution in [2.24, 2.45) is 12.8 Å². The monoisotopic (exact) mass is 229 g/mol. The zero-order valence-corrected chi connectivity index (χ0v) is 10.6. The minimum Gasteiger partial charge on any atom is -0.334 e. The predicted octanol–water partition coefficient (Wildman–Crippen LogP) is 2.37. The van der Waals surface area contributed by atoms with Gasteiger partial charge in [0.2, 0.25) is 0 Å². The van der Waals surface area contributed by atoms with Gasteiger partial charge in [-0.3, -0.25) is 0 Å². The molecule has 90 valence electrons. The summed E-state index contributed by atoms with van der Waals surface area (Å²) in [7, 11) is 2.01. The maximum Gasteiger partial charge on any atom is 0.139 e. The Kier molecular flexibility index (Phi) is 3.03. The molecular weight excluding hydrogens is 210 g/mol. The zero-order chi connectivity index (χ0) is 12.5. The number of benzene rings is 1. The van der Waals surface area contributed by atoms with Gasteiger partial charge in [-0.25, -0.2) is 4.98 Å². The number of aryl methyl sites for hydroxylation is 1. The second kappa shape index (κ2) is 4.34. The molecule has 0 fully saturated rings. The maximum absolute atomic E-state index is 6.10. The third-order valence-electron chi connectivity index (χ3n) is 2.73.